The van der Waals surface area contributed by atoms with E-state index in [1.165, 1.54) is 24.3 Å². The molecule has 0 radical (unpaired) electrons. The highest BCUT2D eigenvalue weighted by atomic mass is 19.2. The van der Waals surface area contributed by atoms with Crippen molar-refractivity contribution in [2.45, 2.75) is 31.1 Å². The van der Waals surface area contributed by atoms with Crippen LogP contribution in [0.4, 0.5) is 18.9 Å². The number of rotatable bonds is 3. The smallest absolute Gasteiger partial charge is 0.162 e. The Morgan fingerprint density at radius 1 is 0.844 bits per heavy atom. The third-order valence-electron chi connectivity index (χ3n) is 6.56. The first kappa shape index (κ1) is 20.7. The summed E-state index contributed by atoms with van der Waals surface area (Å²) in [5.74, 6) is -2.67. The fourth-order valence-electron chi connectivity index (χ4n) is 4.99. The number of benzene rings is 3. The van der Waals surface area contributed by atoms with E-state index in [2.05, 4.69) is 4.90 Å². The summed E-state index contributed by atoms with van der Waals surface area (Å²) in [7, 11) is 0. The molecule has 2 aliphatic heterocycles. The average Bonchev–Trinajstić information content (AvgIpc) is 2.80. The van der Waals surface area contributed by atoms with Crippen LogP contribution in [0.15, 0.2) is 54.6 Å². The largest absolute Gasteiger partial charge is 0.508 e. The lowest BCUT2D eigenvalue weighted by atomic mass is 9.75. The predicted octanol–water partition coefficient (Wildman–Crippen LogP) is 6.11. The van der Waals surface area contributed by atoms with E-state index in [0.29, 0.717) is 22.6 Å². The minimum atomic E-state index is -0.926. The van der Waals surface area contributed by atoms with E-state index in [1.54, 1.807) is 18.2 Å². The maximum Gasteiger partial charge on any atom is 0.162 e. The number of aromatic hydroxyl groups is 1. The van der Waals surface area contributed by atoms with Crippen LogP contribution in [0.5, 0.6) is 11.5 Å². The summed E-state index contributed by atoms with van der Waals surface area (Å²) >= 11 is 0. The quantitative estimate of drug-likeness (QED) is 0.535. The van der Waals surface area contributed by atoms with Gasteiger partial charge in [-0.05, 0) is 54.7 Å². The van der Waals surface area contributed by atoms with Crippen molar-refractivity contribution in [3.05, 3.63) is 88.7 Å². The van der Waals surface area contributed by atoms with Gasteiger partial charge in [-0.15, -0.1) is 0 Å². The van der Waals surface area contributed by atoms with Gasteiger partial charge >= 0.3 is 0 Å². The first-order valence-corrected chi connectivity index (χ1v) is 11.0. The molecule has 32 heavy (non-hydrogen) atoms. The van der Waals surface area contributed by atoms with Gasteiger partial charge < -0.3 is 14.7 Å². The van der Waals surface area contributed by atoms with Crippen LogP contribution >= 0.6 is 0 Å². The summed E-state index contributed by atoms with van der Waals surface area (Å²) < 4.78 is 49.8. The predicted molar refractivity (Wildman–Crippen MR) is 117 cm³/mol. The molecule has 2 atom stereocenters. The van der Waals surface area contributed by atoms with E-state index in [9.17, 15) is 13.9 Å². The zero-order chi connectivity index (χ0) is 22.2. The minimum absolute atomic E-state index is 0.0458. The third-order valence-corrected chi connectivity index (χ3v) is 6.56. The van der Waals surface area contributed by atoms with Gasteiger partial charge in [0, 0.05) is 36.6 Å². The second-order valence-electron chi connectivity index (χ2n) is 8.52. The number of hydrogen-bond acceptors (Lipinski definition) is 3. The van der Waals surface area contributed by atoms with Gasteiger partial charge in [-0.3, -0.25) is 0 Å². The Labute approximate surface area is 185 Å². The van der Waals surface area contributed by atoms with Crippen LogP contribution in [0.1, 0.15) is 47.8 Å². The van der Waals surface area contributed by atoms with E-state index in [1.807, 2.05) is 6.07 Å². The fraction of sp³-hybridized carbons (Fsp3) is 0.308. The summed E-state index contributed by atoms with van der Waals surface area (Å²) in [6.07, 6.45) is 3.24. The van der Waals surface area contributed by atoms with Gasteiger partial charge in [0.2, 0.25) is 0 Å². The number of halogens is 3. The first-order chi connectivity index (χ1) is 15.5. The first-order valence-electron chi connectivity index (χ1n) is 11.0. The van der Waals surface area contributed by atoms with Crippen LogP contribution in [0.3, 0.4) is 0 Å². The molecule has 0 bridgehead atoms. The molecule has 5 rings (SSSR count). The Bertz CT molecular complexity index is 1140. The number of nitrogens with zero attached hydrogens (tertiary/aromatic N) is 1. The Morgan fingerprint density at radius 2 is 1.66 bits per heavy atom. The molecule has 0 amide bonds. The maximum absolute atomic E-state index is 15.3. The van der Waals surface area contributed by atoms with Crippen molar-refractivity contribution >= 4 is 5.69 Å². The van der Waals surface area contributed by atoms with Crippen molar-refractivity contribution in [2.75, 3.05) is 24.6 Å². The van der Waals surface area contributed by atoms with E-state index < -0.39 is 23.5 Å². The average molecular weight is 439 g/mol. The van der Waals surface area contributed by atoms with Gasteiger partial charge in [-0.25, -0.2) is 13.2 Å². The van der Waals surface area contributed by atoms with Crippen molar-refractivity contribution in [3.8, 4) is 11.5 Å². The molecule has 1 saturated heterocycles. The summed E-state index contributed by atoms with van der Waals surface area (Å²) in [4.78, 5) is 2.06. The number of anilines is 1. The van der Waals surface area contributed by atoms with E-state index in [0.717, 1.165) is 38.4 Å². The number of phenols is 1. The number of hydrogen-bond donors (Lipinski definition) is 1. The molecule has 166 valence electrons. The molecule has 3 aromatic carbocycles. The zero-order valence-corrected chi connectivity index (χ0v) is 17.5. The van der Waals surface area contributed by atoms with Crippen molar-refractivity contribution in [2.24, 2.45) is 0 Å². The van der Waals surface area contributed by atoms with Gasteiger partial charge in [-0.2, -0.15) is 0 Å². The maximum atomic E-state index is 15.3. The van der Waals surface area contributed by atoms with Crippen LogP contribution < -0.4 is 9.64 Å². The van der Waals surface area contributed by atoms with Crippen LogP contribution in [-0.2, 0) is 0 Å². The van der Waals surface area contributed by atoms with Crippen molar-refractivity contribution in [1.29, 1.82) is 0 Å². The molecule has 0 unspecified atom stereocenters. The van der Waals surface area contributed by atoms with Crippen LogP contribution in [-0.4, -0.2) is 24.8 Å². The zero-order valence-electron chi connectivity index (χ0n) is 17.5. The Morgan fingerprint density at radius 3 is 2.44 bits per heavy atom. The highest BCUT2D eigenvalue weighted by Crippen LogP contribution is 2.48. The lowest BCUT2D eigenvalue weighted by molar-refractivity contribution is 0.244. The normalized spacial score (nSPS) is 20.5. The molecule has 1 fully saturated rings. The molecule has 1 N–H and O–H groups in total. The fourth-order valence-corrected chi connectivity index (χ4v) is 4.99. The molecule has 3 nitrogen and oxygen atoms in total. The number of phenolic OH excluding ortho intramolecular Hbond substituents is 1. The lowest BCUT2D eigenvalue weighted by Crippen LogP contribution is -2.30. The summed E-state index contributed by atoms with van der Waals surface area (Å²) in [6, 6.07) is 14.0. The van der Waals surface area contributed by atoms with Gasteiger partial charge in [0.05, 0.1) is 12.3 Å². The standard InChI is InChI=1S/C26H24F3NO2/c27-21-6-4-5-18(26(21)29)20-15-32-24-14-17(31)8-9-19(24)25(20)16-7-10-23(22(28)13-16)30-11-2-1-3-12-30/h4-10,13-14,20,25,31H,1-3,11-12,15H2/t20-,25-/m0/s1. The number of fused-ring (bicyclic) bond motifs is 1. The van der Waals surface area contributed by atoms with E-state index >= 15 is 4.39 Å². The van der Waals surface area contributed by atoms with E-state index in [-0.39, 0.29) is 23.7 Å². The molecular formula is C26H24F3NO2. The van der Waals surface area contributed by atoms with Gasteiger partial charge in [0.25, 0.3) is 0 Å². The molecule has 2 heterocycles. The van der Waals surface area contributed by atoms with Crippen LogP contribution in [0, 0.1) is 17.5 Å². The molecule has 0 spiro atoms. The number of piperidine rings is 1. The monoisotopic (exact) mass is 439 g/mol. The molecule has 0 saturated carbocycles. The van der Waals surface area contributed by atoms with Gasteiger partial charge in [-0.1, -0.05) is 24.3 Å². The Kier molecular flexibility index (Phi) is 5.45. The highest BCUT2D eigenvalue weighted by Gasteiger charge is 2.36. The van der Waals surface area contributed by atoms with Crippen LogP contribution in [0.25, 0.3) is 0 Å². The molecule has 0 aliphatic carbocycles. The molecule has 6 heteroatoms. The van der Waals surface area contributed by atoms with Gasteiger partial charge in [0.15, 0.2) is 11.6 Å². The van der Waals surface area contributed by atoms with Crippen molar-refractivity contribution in [1.82, 2.24) is 0 Å². The Hall–Kier alpha value is -3.15. The lowest BCUT2D eigenvalue weighted by Gasteiger charge is -2.35. The second kappa shape index (κ2) is 8.41. The summed E-state index contributed by atoms with van der Waals surface area (Å²) in [5, 5.41) is 9.88. The molecular weight excluding hydrogens is 415 g/mol. The van der Waals surface area contributed by atoms with E-state index in [4.69, 9.17) is 4.74 Å². The molecule has 3 aromatic rings. The minimum Gasteiger partial charge on any atom is -0.508 e. The molecule has 2 aliphatic rings. The SMILES string of the molecule is Oc1ccc2c(c1)OC[C@@H](c1cccc(F)c1F)[C@H]2c1ccc(N2CCCCC2)c(F)c1. The highest BCUT2D eigenvalue weighted by molar-refractivity contribution is 5.55. The van der Waals surface area contributed by atoms with Crippen molar-refractivity contribution < 1.29 is 23.0 Å². The molecule has 0 aromatic heterocycles. The second-order valence-corrected chi connectivity index (χ2v) is 8.52. The van der Waals surface area contributed by atoms with Crippen LogP contribution in [0.2, 0.25) is 0 Å². The van der Waals surface area contributed by atoms with Gasteiger partial charge in [0.1, 0.15) is 17.3 Å². The van der Waals surface area contributed by atoms with Crippen molar-refractivity contribution in [3.63, 3.8) is 0 Å². The summed E-state index contributed by atoms with van der Waals surface area (Å²) in [5.41, 5.74) is 2.12. The third kappa shape index (κ3) is 3.68. The summed E-state index contributed by atoms with van der Waals surface area (Å²) in [6.45, 7) is 1.73. The topological polar surface area (TPSA) is 32.7 Å². The Balaban J connectivity index is 1.60. The number of ether oxygens (including phenoxy) is 1.